The van der Waals surface area contributed by atoms with E-state index in [9.17, 15) is 0 Å². The minimum Gasteiger partial charge on any atom is -0.497 e. The Morgan fingerprint density at radius 2 is 1.67 bits per heavy atom. The van der Waals surface area contributed by atoms with E-state index in [1.165, 1.54) is 0 Å². The molecule has 0 unspecified atom stereocenters. The van der Waals surface area contributed by atoms with Crippen LogP contribution < -0.4 is 9.47 Å². The Labute approximate surface area is 144 Å². The molecule has 0 atom stereocenters. The summed E-state index contributed by atoms with van der Waals surface area (Å²) < 4.78 is 11.4. The highest BCUT2D eigenvalue weighted by Gasteiger charge is 2.10. The van der Waals surface area contributed by atoms with Crippen molar-refractivity contribution in [2.24, 2.45) is 0 Å². The topological polar surface area (TPSA) is 31.4 Å². The van der Waals surface area contributed by atoms with E-state index >= 15 is 0 Å². The van der Waals surface area contributed by atoms with Gasteiger partial charge in [0.2, 0.25) is 0 Å². The molecule has 0 radical (unpaired) electrons. The van der Waals surface area contributed by atoms with Crippen molar-refractivity contribution in [3.05, 3.63) is 71.8 Å². The number of fused-ring (bicyclic) bond motifs is 2. The molecule has 118 valence electrons. The third kappa shape index (κ3) is 2.74. The van der Waals surface area contributed by atoms with Gasteiger partial charge in [0, 0.05) is 21.9 Å². The number of hydrogen-bond donors (Lipinski definition) is 0. The zero-order valence-electron chi connectivity index (χ0n) is 13.0. The predicted molar refractivity (Wildman–Crippen MR) is 97.3 cm³/mol. The van der Waals surface area contributed by atoms with Crippen molar-refractivity contribution in [3.8, 4) is 17.2 Å². The van der Waals surface area contributed by atoms with Crippen LogP contribution in [0.25, 0.3) is 21.8 Å². The molecule has 4 aromatic rings. The Hall–Kier alpha value is -2.78. The van der Waals surface area contributed by atoms with Crippen molar-refractivity contribution in [2.75, 3.05) is 7.11 Å². The van der Waals surface area contributed by atoms with E-state index in [1.54, 1.807) is 7.11 Å². The van der Waals surface area contributed by atoms with Gasteiger partial charge in [-0.1, -0.05) is 29.8 Å². The molecule has 0 spiro atoms. The number of para-hydroxylation sites is 1. The highest BCUT2D eigenvalue weighted by Crippen LogP contribution is 2.35. The number of methoxy groups -OCH3 is 1. The highest BCUT2D eigenvalue weighted by atomic mass is 35.5. The van der Waals surface area contributed by atoms with E-state index in [0.29, 0.717) is 10.8 Å². The molecule has 0 amide bonds. The quantitative estimate of drug-likeness (QED) is 0.440. The van der Waals surface area contributed by atoms with Crippen LogP contribution in [0.15, 0.2) is 66.7 Å². The van der Waals surface area contributed by atoms with Gasteiger partial charge in [-0.2, -0.15) is 0 Å². The van der Waals surface area contributed by atoms with Crippen molar-refractivity contribution in [1.29, 1.82) is 0 Å². The molecule has 0 bridgehead atoms. The van der Waals surface area contributed by atoms with Crippen LogP contribution in [0.2, 0.25) is 5.02 Å². The summed E-state index contributed by atoms with van der Waals surface area (Å²) in [6, 6.07) is 21.1. The number of ether oxygens (including phenoxy) is 2. The van der Waals surface area contributed by atoms with Gasteiger partial charge in [0.1, 0.15) is 17.0 Å². The molecule has 0 aliphatic heterocycles. The lowest BCUT2D eigenvalue weighted by atomic mass is 10.1. The van der Waals surface area contributed by atoms with Crippen molar-refractivity contribution in [1.82, 2.24) is 4.98 Å². The van der Waals surface area contributed by atoms with E-state index in [0.717, 1.165) is 33.3 Å². The normalized spacial score (nSPS) is 10.9. The monoisotopic (exact) mass is 335 g/mol. The van der Waals surface area contributed by atoms with Crippen LogP contribution in [0, 0.1) is 0 Å². The fourth-order valence-electron chi connectivity index (χ4n) is 2.67. The summed E-state index contributed by atoms with van der Waals surface area (Å²) in [5, 5.41) is 2.61. The average Bonchev–Trinajstić information content (AvgIpc) is 2.61. The first-order valence-electron chi connectivity index (χ1n) is 7.54. The Morgan fingerprint density at radius 1 is 0.833 bits per heavy atom. The van der Waals surface area contributed by atoms with Gasteiger partial charge >= 0.3 is 0 Å². The number of halogens is 1. The summed E-state index contributed by atoms with van der Waals surface area (Å²) >= 11 is 6.09. The van der Waals surface area contributed by atoms with Crippen LogP contribution in [0.3, 0.4) is 0 Å². The number of rotatable bonds is 3. The maximum absolute atomic E-state index is 6.09. The lowest BCUT2D eigenvalue weighted by Crippen LogP contribution is -1.92. The lowest BCUT2D eigenvalue weighted by Gasteiger charge is -2.11. The third-order valence-corrected chi connectivity index (χ3v) is 4.05. The highest BCUT2D eigenvalue weighted by molar-refractivity contribution is 6.31. The fraction of sp³-hybridized carbons (Fsp3) is 0.0500. The summed E-state index contributed by atoms with van der Waals surface area (Å²) in [6.07, 6.45) is 0. The van der Waals surface area contributed by atoms with Crippen LogP contribution in [0.4, 0.5) is 0 Å². The van der Waals surface area contributed by atoms with E-state index in [-0.39, 0.29) is 0 Å². The Bertz CT molecular complexity index is 1030. The Morgan fingerprint density at radius 3 is 2.46 bits per heavy atom. The van der Waals surface area contributed by atoms with Crippen molar-refractivity contribution in [2.45, 2.75) is 0 Å². The van der Waals surface area contributed by atoms with Gasteiger partial charge in [0.25, 0.3) is 0 Å². The van der Waals surface area contributed by atoms with Crippen LogP contribution in [-0.4, -0.2) is 12.1 Å². The first kappa shape index (κ1) is 14.8. The Kier molecular flexibility index (Phi) is 3.71. The molecule has 0 saturated heterocycles. The predicted octanol–water partition coefficient (Wildman–Crippen LogP) is 5.84. The second-order valence-electron chi connectivity index (χ2n) is 5.44. The average molecular weight is 336 g/mol. The SMILES string of the molecule is COc1cc(Oc2ccccc2)c2nc3ccc(Cl)cc3cc2c1. The molecule has 4 rings (SSSR count). The summed E-state index contributed by atoms with van der Waals surface area (Å²) in [5.74, 6) is 2.13. The second-order valence-corrected chi connectivity index (χ2v) is 5.87. The summed E-state index contributed by atoms with van der Waals surface area (Å²) in [4.78, 5) is 4.75. The van der Waals surface area contributed by atoms with Crippen LogP contribution in [0.1, 0.15) is 0 Å². The van der Waals surface area contributed by atoms with Gasteiger partial charge in [-0.25, -0.2) is 4.98 Å². The first-order chi connectivity index (χ1) is 11.7. The van der Waals surface area contributed by atoms with Crippen LogP contribution >= 0.6 is 11.6 Å². The number of nitrogens with zero attached hydrogens (tertiary/aromatic N) is 1. The molecule has 0 saturated carbocycles. The fourth-order valence-corrected chi connectivity index (χ4v) is 2.86. The largest absolute Gasteiger partial charge is 0.497 e. The molecule has 24 heavy (non-hydrogen) atoms. The third-order valence-electron chi connectivity index (χ3n) is 3.82. The molecular weight excluding hydrogens is 322 g/mol. The number of benzene rings is 3. The summed E-state index contributed by atoms with van der Waals surface area (Å²) in [7, 11) is 1.64. The van der Waals surface area contributed by atoms with E-state index in [4.69, 9.17) is 26.1 Å². The maximum Gasteiger partial charge on any atom is 0.157 e. The van der Waals surface area contributed by atoms with Crippen molar-refractivity contribution in [3.63, 3.8) is 0 Å². The molecular formula is C20H14ClNO2. The Balaban J connectivity index is 1.94. The second kappa shape index (κ2) is 6.02. The molecule has 1 heterocycles. The molecule has 0 aliphatic rings. The maximum atomic E-state index is 6.09. The van der Waals surface area contributed by atoms with Gasteiger partial charge in [-0.15, -0.1) is 0 Å². The number of hydrogen-bond acceptors (Lipinski definition) is 3. The van der Waals surface area contributed by atoms with Gasteiger partial charge in [0.05, 0.1) is 12.6 Å². The lowest BCUT2D eigenvalue weighted by molar-refractivity contribution is 0.410. The van der Waals surface area contributed by atoms with E-state index in [1.807, 2.05) is 66.7 Å². The van der Waals surface area contributed by atoms with Crippen molar-refractivity contribution < 1.29 is 9.47 Å². The van der Waals surface area contributed by atoms with Gasteiger partial charge in [0.15, 0.2) is 5.75 Å². The summed E-state index contributed by atoms with van der Waals surface area (Å²) in [6.45, 7) is 0. The van der Waals surface area contributed by atoms with Crippen LogP contribution in [-0.2, 0) is 0 Å². The molecule has 0 aliphatic carbocycles. The van der Waals surface area contributed by atoms with E-state index < -0.39 is 0 Å². The zero-order chi connectivity index (χ0) is 16.5. The smallest absolute Gasteiger partial charge is 0.157 e. The van der Waals surface area contributed by atoms with Gasteiger partial charge in [-0.3, -0.25) is 0 Å². The first-order valence-corrected chi connectivity index (χ1v) is 7.92. The standard InChI is InChI=1S/C20H14ClNO2/c1-23-17-11-14-9-13-10-15(21)7-8-18(13)22-20(14)19(12-17)24-16-5-3-2-4-6-16/h2-12H,1H3. The molecule has 1 aromatic heterocycles. The molecule has 4 heteroatoms. The van der Waals surface area contributed by atoms with Crippen LogP contribution in [0.5, 0.6) is 17.2 Å². The van der Waals surface area contributed by atoms with Crippen molar-refractivity contribution >= 4 is 33.4 Å². The zero-order valence-corrected chi connectivity index (χ0v) is 13.7. The van der Waals surface area contributed by atoms with Gasteiger partial charge < -0.3 is 9.47 Å². The number of pyridine rings is 1. The minimum atomic E-state index is 0.660. The molecule has 0 N–H and O–H groups in total. The molecule has 3 nitrogen and oxygen atoms in total. The van der Waals surface area contributed by atoms with Gasteiger partial charge in [-0.05, 0) is 42.5 Å². The van der Waals surface area contributed by atoms with E-state index in [2.05, 4.69) is 0 Å². The summed E-state index contributed by atoms with van der Waals surface area (Å²) in [5.41, 5.74) is 1.66. The molecule has 3 aromatic carbocycles. The number of aromatic nitrogens is 1. The molecule has 0 fully saturated rings. The minimum absolute atomic E-state index is 0.660.